The average molecular weight is 385 g/mol. The van der Waals surface area contributed by atoms with Gasteiger partial charge in [-0.05, 0) is 48.9 Å². The zero-order valence-corrected chi connectivity index (χ0v) is 15.5. The van der Waals surface area contributed by atoms with E-state index in [4.69, 9.17) is 21.1 Å². The molecule has 0 fully saturated rings. The van der Waals surface area contributed by atoms with Crippen LogP contribution >= 0.6 is 11.6 Å². The second-order valence-corrected chi connectivity index (χ2v) is 5.80. The van der Waals surface area contributed by atoms with Crippen molar-refractivity contribution in [2.75, 3.05) is 11.9 Å². The lowest BCUT2D eigenvalue weighted by Gasteiger charge is -2.10. The van der Waals surface area contributed by atoms with Gasteiger partial charge in [0.05, 0.1) is 6.61 Å². The van der Waals surface area contributed by atoms with Gasteiger partial charge in [0.25, 0.3) is 5.91 Å². The molecule has 0 aliphatic rings. The van der Waals surface area contributed by atoms with E-state index in [1.165, 1.54) is 13.0 Å². The lowest BCUT2D eigenvalue weighted by molar-refractivity contribution is -0.132. The number of halogens is 1. The minimum absolute atomic E-state index is 0.0994. The Kier molecular flexibility index (Phi) is 6.98. The highest BCUT2D eigenvalue weighted by atomic mass is 35.5. The highest BCUT2D eigenvalue weighted by Crippen LogP contribution is 2.29. The van der Waals surface area contributed by atoms with Crippen LogP contribution in [0.15, 0.2) is 48.0 Å². The molecule has 0 aliphatic carbocycles. The number of hydrogen-bond acceptors (Lipinski definition) is 5. The highest BCUT2D eigenvalue weighted by Gasteiger charge is 2.12. The smallest absolute Gasteiger partial charge is 0.308 e. The van der Waals surface area contributed by atoms with Gasteiger partial charge in [-0.1, -0.05) is 23.7 Å². The van der Waals surface area contributed by atoms with Crippen LogP contribution in [0.5, 0.6) is 11.5 Å². The number of carbonyl (C=O) groups excluding carboxylic acids is 2. The first-order valence-electron chi connectivity index (χ1n) is 8.07. The summed E-state index contributed by atoms with van der Waals surface area (Å²) in [5, 5.41) is 12.4. The van der Waals surface area contributed by atoms with E-state index in [1.807, 2.05) is 6.07 Å². The third kappa shape index (κ3) is 5.87. The summed E-state index contributed by atoms with van der Waals surface area (Å²) >= 11 is 5.89. The van der Waals surface area contributed by atoms with Crippen molar-refractivity contribution < 1.29 is 19.1 Å². The van der Waals surface area contributed by atoms with Crippen molar-refractivity contribution in [3.05, 3.63) is 58.6 Å². The quantitative estimate of drug-likeness (QED) is 0.349. The van der Waals surface area contributed by atoms with Gasteiger partial charge in [-0.15, -0.1) is 0 Å². The molecule has 1 amide bonds. The maximum absolute atomic E-state index is 12.3. The Labute approximate surface area is 162 Å². The van der Waals surface area contributed by atoms with Gasteiger partial charge in [0, 0.05) is 17.6 Å². The highest BCUT2D eigenvalue weighted by molar-refractivity contribution is 6.31. The third-order valence-electron chi connectivity index (χ3n) is 3.28. The first-order chi connectivity index (χ1) is 12.9. The predicted molar refractivity (Wildman–Crippen MR) is 103 cm³/mol. The Morgan fingerprint density at radius 3 is 2.63 bits per heavy atom. The van der Waals surface area contributed by atoms with Gasteiger partial charge in [-0.25, -0.2) is 0 Å². The summed E-state index contributed by atoms with van der Waals surface area (Å²) in [6.07, 6.45) is 1.42. The van der Waals surface area contributed by atoms with Crippen LogP contribution in [0.4, 0.5) is 5.69 Å². The first-order valence-corrected chi connectivity index (χ1v) is 8.44. The summed E-state index contributed by atoms with van der Waals surface area (Å²) in [6.45, 7) is 3.44. The van der Waals surface area contributed by atoms with Crippen LogP contribution in [0.3, 0.4) is 0 Å². The van der Waals surface area contributed by atoms with E-state index in [1.54, 1.807) is 49.4 Å². The van der Waals surface area contributed by atoms with Crippen molar-refractivity contribution in [3.63, 3.8) is 0 Å². The van der Waals surface area contributed by atoms with E-state index in [0.717, 1.165) is 0 Å². The van der Waals surface area contributed by atoms with Crippen LogP contribution in [0, 0.1) is 11.3 Å². The van der Waals surface area contributed by atoms with Gasteiger partial charge in [-0.3, -0.25) is 9.59 Å². The second-order valence-electron chi connectivity index (χ2n) is 5.37. The van der Waals surface area contributed by atoms with Gasteiger partial charge < -0.3 is 14.8 Å². The summed E-state index contributed by atoms with van der Waals surface area (Å²) in [4.78, 5) is 23.5. The molecule has 27 heavy (non-hydrogen) atoms. The Hall–Kier alpha value is -3.30. The molecule has 2 rings (SSSR count). The van der Waals surface area contributed by atoms with Gasteiger partial charge in [0.15, 0.2) is 11.5 Å². The number of nitrogens with one attached hydrogen (secondary N) is 1. The molecule has 0 atom stereocenters. The fourth-order valence-electron chi connectivity index (χ4n) is 2.20. The van der Waals surface area contributed by atoms with Crippen LogP contribution in [0.1, 0.15) is 19.4 Å². The number of hydrogen-bond donors (Lipinski definition) is 1. The van der Waals surface area contributed by atoms with Gasteiger partial charge in [0.1, 0.15) is 11.6 Å². The van der Waals surface area contributed by atoms with Gasteiger partial charge in [-0.2, -0.15) is 5.26 Å². The number of benzene rings is 2. The van der Waals surface area contributed by atoms with Gasteiger partial charge in [0.2, 0.25) is 0 Å². The van der Waals surface area contributed by atoms with Crippen molar-refractivity contribution in [1.29, 1.82) is 5.26 Å². The van der Waals surface area contributed by atoms with Crippen LogP contribution in [0.25, 0.3) is 6.08 Å². The molecule has 0 aliphatic heterocycles. The average Bonchev–Trinajstić information content (AvgIpc) is 2.61. The summed E-state index contributed by atoms with van der Waals surface area (Å²) < 4.78 is 10.5. The SMILES string of the molecule is CCOc1cc(/C=C(\C#N)C(=O)Nc2cccc(Cl)c2)ccc1OC(C)=O. The number of rotatable bonds is 6. The molecule has 138 valence electrons. The van der Waals surface area contributed by atoms with Crippen molar-refractivity contribution in [3.8, 4) is 17.6 Å². The van der Waals surface area contributed by atoms with E-state index in [9.17, 15) is 14.9 Å². The molecule has 0 unspecified atom stereocenters. The molecule has 0 saturated heterocycles. The fourth-order valence-corrected chi connectivity index (χ4v) is 2.39. The Morgan fingerprint density at radius 2 is 2.00 bits per heavy atom. The van der Waals surface area contributed by atoms with Crippen LogP contribution < -0.4 is 14.8 Å². The molecule has 1 N–H and O–H groups in total. The predicted octanol–water partition coefficient (Wildman–Crippen LogP) is 4.21. The van der Waals surface area contributed by atoms with Crippen LogP contribution in [-0.4, -0.2) is 18.5 Å². The number of nitriles is 1. The third-order valence-corrected chi connectivity index (χ3v) is 3.51. The van der Waals surface area contributed by atoms with Crippen molar-refractivity contribution in [1.82, 2.24) is 0 Å². The Morgan fingerprint density at radius 1 is 1.22 bits per heavy atom. The second kappa shape index (κ2) is 9.41. The molecule has 7 heteroatoms. The summed E-state index contributed by atoms with van der Waals surface area (Å²) in [6, 6.07) is 13.2. The van der Waals surface area contributed by atoms with E-state index in [-0.39, 0.29) is 11.3 Å². The zero-order chi connectivity index (χ0) is 19.8. The first kappa shape index (κ1) is 20.0. The number of amides is 1. The fraction of sp³-hybridized carbons (Fsp3) is 0.150. The molecule has 0 bridgehead atoms. The molecule has 0 radical (unpaired) electrons. The standard InChI is InChI=1S/C20H17ClN2O4/c1-3-26-19-10-14(7-8-18(19)27-13(2)24)9-15(12-22)20(25)23-17-6-4-5-16(21)11-17/h4-11H,3H2,1-2H3,(H,23,25)/b15-9+. The lowest BCUT2D eigenvalue weighted by Crippen LogP contribution is -2.13. The lowest BCUT2D eigenvalue weighted by atomic mass is 10.1. The van der Waals surface area contributed by atoms with Crippen molar-refractivity contribution in [2.45, 2.75) is 13.8 Å². The molecule has 2 aromatic rings. The van der Waals surface area contributed by atoms with E-state index >= 15 is 0 Å². The maximum Gasteiger partial charge on any atom is 0.308 e. The Bertz CT molecular complexity index is 932. The number of carbonyl (C=O) groups is 2. The number of nitrogens with zero attached hydrogens (tertiary/aromatic N) is 1. The summed E-state index contributed by atoms with van der Waals surface area (Å²) in [7, 11) is 0. The topological polar surface area (TPSA) is 88.4 Å². The summed E-state index contributed by atoms with van der Waals surface area (Å²) in [5.74, 6) is -0.433. The normalized spacial score (nSPS) is 10.7. The number of esters is 1. The minimum atomic E-state index is -0.568. The maximum atomic E-state index is 12.3. The monoisotopic (exact) mass is 384 g/mol. The minimum Gasteiger partial charge on any atom is -0.490 e. The molecule has 0 saturated carbocycles. The van der Waals surface area contributed by atoms with Crippen LogP contribution in [-0.2, 0) is 9.59 Å². The number of anilines is 1. The van der Waals surface area contributed by atoms with Crippen LogP contribution in [0.2, 0.25) is 5.02 Å². The largest absolute Gasteiger partial charge is 0.490 e. The van der Waals surface area contributed by atoms with E-state index in [0.29, 0.717) is 28.6 Å². The summed E-state index contributed by atoms with van der Waals surface area (Å²) in [5.41, 5.74) is 0.929. The molecular formula is C20H17ClN2O4. The molecule has 0 heterocycles. The van der Waals surface area contributed by atoms with Crippen molar-refractivity contribution >= 4 is 35.2 Å². The van der Waals surface area contributed by atoms with Crippen molar-refractivity contribution in [2.24, 2.45) is 0 Å². The van der Waals surface area contributed by atoms with E-state index < -0.39 is 11.9 Å². The molecule has 2 aromatic carbocycles. The Balaban J connectivity index is 2.28. The van der Waals surface area contributed by atoms with E-state index in [2.05, 4.69) is 5.32 Å². The molecule has 6 nitrogen and oxygen atoms in total. The number of ether oxygens (including phenoxy) is 2. The molecule has 0 spiro atoms. The van der Waals surface area contributed by atoms with Gasteiger partial charge >= 0.3 is 5.97 Å². The molecule has 0 aromatic heterocycles. The molecular weight excluding hydrogens is 368 g/mol. The zero-order valence-electron chi connectivity index (χ0n) is 14.8.